The number of hydrogen-bond acceptors (Lipinski definition) is 5. The van der Waals surface area contributed by atoms with Crippen molar-refractivity contribution >= 4 is 5.97 Å². The van der Waals surface area contributed by atoms with Gasteiger partial charge in [-0.15, -0.1) is 0 Å². The third-order valence-corrected chi connectivity index (χ3v) is 3.43. The fourth-order valence-corrected chi connectivity index (χ4v) is 2.40. The second-order valence-corrected chi connectivity index (χ2v) is 4.83. The van der Waals surface area contributed by atoms with Crippen LogP contribution in [0.2, 0.25) is 0 Å². The highest BCUT2D eigenvalue weighted by atomic mass is 16.5. The van der Waals surface area contributed by atoms with Crippen LogP contribution in [-0.4, -0.2) is 33.1 Å². The van der Waals surface area contributed by atoms with E-state index in [0.717, 1.165) is 11.1 Å². The number of phenolic OH excluding ortho intramolecular Hbond substituents is 1. The third kappa shape index (κ3) is 2.78. The average Bonchev–Trinajstić information content (AvgIpc) is 3.09. The lowest BCUT2D eigenvalue weighted by Gasteiger charge is -2.13. The van der Waals surface area contributed by atoms with Crippen molar-refractivity contribution in [1.82, 2.24) is 15.4 Å². The molecule has 0 bridgehead atoms. The first-order valence-corrected chi connectivity index (χ1v) is 7.17. The Morgan fingerprint density at radius 2 is 2.00 bits per heavy atom. The number of nitrogens with one attached hydrogen (secondary N) is 1. The van der Waals surface area contributed by atoms with E-state index in [-0.39, 0.29) is 17.9 Å². The fraction of sp³-hybridized carbons (Fsp3) is 0.118. The Hall–Kier alpha value is -3.15. The van der Waals surface area contributed by atoms with Crippen molar-refractivity contribution < 1.29 is 14.6 Å². The smallest absolute Gasteiger partial charge is 0.341 e. The van der Waals surface area contributed by atoms with Crippen LogP contribution < -0.4 is 0 Å². The standard InChI is InChI=1S/C17H15N3O3/c1-2-23-17(22)13-9-8-12(11-6-4-3-5-7-11)15(16(13)21)14-10-18-20-19-14/h3-10,21H,2H2,1H3,(H,18,19,20). The number of ether oxygens (including phenoxy) is 1. The first kappa shape index (κ1) is 14.8. The molecule has 0 fully saturated rings. The van der Waals surface area contributed by atoms with Crippen molar-refractivity contribution in [3.63, 3.8) is 0 Å². The summed E-state index contributed by atoms with van der Waals surface area (Å²) in [6, 6.07) is 12.9. The topological polar surface area (TPSA) is 88.1 Å². The molecule has 0 saturated carbocycles. The van der Waals surface area contributed by atoms with Gasteiger partial charge >= 0.3 is 5.97 Å². The van der Waals surface area contributed by atoms with Crippen LogP contribution in [0.5, 0.6) is 5.75 Å². The van der Waals surface area contributed by atoms with Crippen molar-refractivity contribution in [3.05, 3.63) is 54.2 Å². The normalized spacial score (nSPS) is 10.5. The second kappa shape index (κ2) is 6.31. The van der Waals surface area contributed by atoms with Gasteiger partial charge in [-0.1, -0.05) is 36.4 Å². The first-order chi connectivity index (χ1) is 11.2. The number of carbonyl (C=O) groups excluding carboxylic acids is 1. The molecule has 0 saturated heterocycles. The number of benzene rings is 2. The highest BCUT2D eigenvalue weighted by Gasteiger charge is 2.21. The van der Waals surface area contributed by atoms with E-state index >= 15 is 0 Å². The molecule has 1 aromatic heterocycles. The van der Waals surface area contributed by atoms with Crippen LogP contribution in [0.4, 0.5) is 0 Å². The molecule has 3 aromatic rings. The molecular formula is C17H15N3O3. The minimum atomic E-state index is -0.575. The first-order valence-electron chi connectivity index (χ1n) is 7.17. The second-order valence-electron chi connectivity index (χ2n) is 4.83. The summed E-state index contributed by atoms with van der Waals surface area (Å²) in [5.74, 6) is -0.743. The molecule has 2 aromatic carbocycles. The lowest BCUT2D eigenvalue weighted by molar-refractivity contribution is 0.0523. The zero-order valence-corrected chi connectivity index (χ0v) is 12.5. The Morgan fingerprint density at radius 3 is 2.65 bits per heavy atom. The van der Waals surface area contributed by atoms with Crippen LogP contribution in [0.1, 0.15) is 17.3 Å². The summed E-state index contributed by atoms with van der Waals surface area (Å²) in [4.78, 5) is 12.0. The van der Waals surface area contributed by atoms with Crippen LogP contribution in [-0.2, 0) is 4.74 Å². The number of carbonyl (C=O) groups is 1. The van der Waals surface area contributed by atoms with E-state index < -0.39 is 5.97 Å². The summed E-state index contributed by atoms with van der Waals surface area (Å²) >= 11 is 0. The van der Waals surface area contributed by atoms with Crippen molar-refractivity contribution in [3.8, 4) is 28.1 Å². The highest BCUT2D eigenvalue weighted by Crippen LogP contribution is 2.39. The van der Waals surface area contributed by atoms with E-state index in [0.29, 0.717) is 11.3 Å². The van der Waals surface area contributed by atoms with Gasteiger partial charge in [0.25, 0.3) is 0 Å². The molecule has 0 aliphatic heterocycles. The Kier molecular flexibility index (Phi) is 4.05. The molecule has 0 amide bonds. The van der Waals surface area contributed by atoms with Crippen molar-refractivity contribution in [2.75, 3.05) is 6.61 Å². The molecule has 116 valence electrons. The highest BCUT2D eigenvalue weighted by molar-refractivity contribution is 5.98. The van der Waals surface area contributed by atoms with Crippen LogP contribution in [0.25, 0.3) is 22.4 Å². The Labute approximate surface area is 132 Å². The Balaban J connectivity index is 2.22. The number of H-pyrrole nitrogens is 1. The summed E-state index contributed by atoms with van der Waals surface area (Å²) in [7, 11) is 0. The van der Waals surface area contributed by atoms with Gasteiger partial charge in [0.05, 0.1) is 18.4 Å². The maximum absolute atomic E-state index is 12.0. The zero-order chi connectivity index (χ0) is 16.2. The van der Waals surface area contributed by atoms with Gasteiger partial charge in [0.1, 0.15) is 17.0 Å². The van der Waals surface area contributed by atoms with Crippen LogP contribution in [0, 0.1) is 0 Å². The quantitative estimate of drug-likeness (QED) is 0.723. The van der Waals surface area contributed by atoms with Crippen molar-refractivity contribution in [2.45, 2.75) is 6.92 Å². The number of aromatic hydroxyl groups is 1. The molecule has 0 atom stereocenters. The number of phenols is 1. The SMILES string of the molecule is CCOC(=O)c1ccc(-c2ccccc2)c(-c2cn[nH]n2)c1O. The molecule has 0 aliphatic rings. The number of nitrogens with zero attached hydrogens (tertiary/aromatic N) is 2. The lowest BCUT2D eigenvalue weighted by Crippen LogP contribution is -2.06. The summed E-state index contributed by atoms with van der Waals surface area (Å²) < 4.78 is 4.98. The van der Waals surface area contributed by atoms with Gasteiger partial charge in [0, 0.05) is 0 Å². The number of rotatable bonds is 4. The minimum absolute atomic E-state index is 0.101. The number of esters is 1. The van der Waals surface area contributed by atoms with Crippen LogP contribution in [0.15, 0.2) is 48.7 Å². The molecule has 6 heteroatoms. The monoisotopic (exact) mass is 309 g/mol. The van der Waals surface area contributed by atoms with Gasteiger partial charge in [0.15, 0.2) is 0 Å². The third-order valence-electron chi connectivity index (χ3n) is 3.43. The van der Waals surface area contributed by atoms with Crippen LogP contribution >= 0.6 is 0 Å². The van der Waals surface area contributed by atoms with Gasteiger partial charge in [-0.25, -0.2) is 4.79 Å². The molecule has 6 nitrogen and oxygen atoms in total. The summed E-state index contributed by atoms with van der Waals surface area (Å²) in [6.07, 6.45) is 1.50. The zero-order valence-electron chi connectivity index (χ0n) is 12.5. The molecule has 23 heavy (non-hydrogen) atoms. The average molecular weight is 309 g/mol. The Bertz CT molecular complexity index is 815. The van der Waals surface area contributed by atoms with Crippen molar-refractivity contribution in [1.29, 1.82) is 0 Å². The van der Waals surface area contributed by atoms with Gasteiger partial charge in [-0.2, -0.15) is 15.4 Å². The van der Waals surface area contributed by atoms with E-state index in [1.807, 2.05) is 30.3 Å². The fourth-order valence-electron chi connectivity index (χ4n) is 2.40. The maximum Gasteiger partial charge on any atom is 0.341 e. The largest absolute Gasteiger partial charge is 0.506 e. The summed E-state index contributed by atoms with van der Waals surface area (Å²) in [6.45, 7) is 1.95. The number of hydrogen-bond donors (Lipinski definition) is 2. The van der Waals surface area contributed by atoms with E-state index in [1.54, 1.807) is 19.1 Å². The lowest BCUT2D eigenvalue weighted by atomic mass is 9.94. The van der Waals surface area contributed by atoms with Gasteiger partial charge in [-0.05, 0) is 24.1 Å². The molecule has 0 radical (unpaired) electrons. The molecule has 2 N–H and O–H groups in total. The van der Waals surface area contributed by atoms with Crippen LogP contribution in [0.3, 0.4) is 0 Å². The van der Waals surface area contributed by atoms with Gasteiger partial charge in [0.2, 0.25) is 0 Å². The molecule has 0 unspecified atom stereocenters. The molecule has 1 heterocycles. The van der Waals surface area contributed by atoms with Gasteiger partial charge in [-0.3, -0.25) is 0 Å². The molecule has 0 spiro atoms. The van der Waals surface area contributed by atoms with Gasteiger partial charge < -0.3 is 9.84 Å². The molecular weight excluding hydrogens is 294 g/mol. The predicted molar refractivity (Wildman–Crippen MR) is 84.9 cm³/mol. The molecule has 0 aliphatic carbocycles. The summed E-state index contributed by atoms with van der Waals surface area (Å²) in [5, 5.41) is 21.0. The number of aromatic nitrogens is 3. The Morgan fingerprint density at radius 1 is 1.22 bits per heavy atom. The summed E-state index contributed by atoms with van der Waals surface area (Å²) in [5.41, 5.74) is 2.65. The minimum Gasteiger partial charge on any atom is -0.506 e. The van der Waals surface area contributed by atoms with E-state index in [9.17, 15) is 9.90 Å². The van der Waals surface area contributed by atoms with E-state index in [1.165, 1.54) is 6.20 Å². The predicted octanol–water partition coefficient (Wildman–Crippen LogP) is 3.02. The maximum atomic E-state index is 12.0. The van der Waals surface area contributed by atoms with Crippen molar-refractivity contribution in [2.24, 2.45) is 0 Å². The van der Waals surface area contributed by atoms with E-state index in [4.69, 9.17) is 4.74 Å². The van der Waals surface area contributed by atoms with E-state index in [2.05, 4.69) is 15.4 Å². The molecule has 3 rings (SSSR count). The number of aromatic amines is 1.